The SMILES string of the molecule is CCCCNC(=O)[C@H](C)N(Cc1ccccc1F)C(=O)CCCN1C(=O)c2ccccc2S1(=O)=O. The second kappa shape index (κ2) is 11.4. The zero-order chi connectivity index (χ0) is 25.6. The van der Waals surface area contributed by atoms with Gasteiger partial charge in [0.15, 0.2) is 0 Å². The van der Waals surface area contributed by atoms with Crippen LogP contribution in [0.5, 0.6) is 0 Å². The van der Waals surface area contributed by atoms with Crippen LogP contribution in [0.3, 0.4) is 0 Å². The Balaban J connectivity index is 1.70. The van der Waals surface area contributed by atoms with Crippen molar-refractivity contribution >= 4 is 27.7 Å². The standard InChI is InChI=1S/C25H30FN3O5S/c1-3-4-15-27-24(31)18(2)28(17-19-10-5-7-12-21(19)26)23(30)14-9-16-29-25(32)20-11-6-8-13-22(20)35(29,33)34/h5-8,10-13,18H,3-4,9,14-17H2,1-2H3,(H,27,31)/t18-/m0/s1. The first-order valence-electron chi connectivity index (χ1n) is 11.6. The van der Waals surface area contributed by atoms with Gasteiger partial charge in [-0.3, -0.25) is 14.4 Å². The number of unbranched alkanes of at least 4 members (excludes halogenated alkanes) is 1. The lowest BCUT2D eigenvalue weighted by Crippen LogP contribution is -2.48. The van der Waals surface area contributed by atoms with Crippen LogP contribution in [0.15, 0.2) is 53.4 Å². The van der Waals surface area contributed by atoms with Crippen LogP contribution in [0, 0.1) is 5.82 Å². The third kappa shape index (κ3) is 5.87. The number of hydrogen-bond donors (Lipinski definition) is 1. The molecule has 0 bridgehead atoms. The van der Waals surface area contributed by atoms with E-state index in [1.807, 2.05) is 6.92 Å². The van der Waals surface area contributed by atoms with Crippen molar-refractivity contribution in [2.45, 2.75) is 57.0 Å². The lowest BCUT2D eigenvalue weighted by molar-refractivity contribution is -0.140. The monoisotopic (exact) mass is 503 g/mol. The molecule has 1 heterocycles. The number of amides is 3. The Morgan fingerprint density at radius 3 is 2.46 bits per heavy atom. The minimum Gasteiger partial charge on any atom is -0.354 e. The van der Waals surface area contributed by atoms with Crippen LogP contribution in [-0.2, 0) is 26.2 Å². The topological polar surface area (TPSA) is 104 Å². The lowest BCUT2D eigenvalue weighted by atomic mass is 10.1. The first-order chi connectivity index (χ1) is 16.7. The van der Waals surface area contributed by atoms with Crippen molar-refractivity contribution in [2.75, 3.05) is 13.1 Å². The molecule has 0 saturated heterocycles. The number of carbonyl (C=O) groups excluding carboxylic acids is 3. The molecule has 0 aliphatic carbocycles. The summed E-state index contributed by atoms with van der Waals surface area (Å²) in [4.78, 5) is 39.6. The Kier molecular flexibility index (Phi) is 8.61. The number of halogens is 1. The Morgan fingerprint density at radius 2 is 1.77 bits per heavy atom. The van der Waals surface area contributed by atoms with Crippen molar-refractivity contribution in [3.8, 4) is 0 Å². The van der Waals surface area contributed by atoms with E-state index in [0.717, 1.165) is 17.1 Å². The molecule has 0 radical (unpaired) electrons. The quantitative estimate of drug-likeness (QED) is 0.475. The summed E-state index contributed by atoms with van der Waals surface area (Å²) in [5.41, 5.74) is 0.374. The van der Waals surface area contributed by atoms with E-state index >= 15 is 0 Å². The van der Waals surface area contributed by atoms with E-state index in [9.17, 15) is 27.2 Å². The van der Waals surface area contributed by atoms with Gasteiger partial charge in [0.05, 0.1) is 5.56 Å². The second-order valence-electron chi connectivity index (χ2n) is 8.42. The van der Waals surface area contributed by atoms with Crippen LogP contribution < -0.4 is 5.32 Å². The third-order valence-electron chi connectivity index (χ3n) is 5.96. The lowest BCUT2D eigenvalue weighted by Gasteiger charge is -2.29. The van der Waals surface area contributed by atoms with Crippen molar-refractivity contribution in [1.82, 2.24) is 14.5 Å². The number of fused-ring (bicyclic) bond motifs is 1. The summed E-state index contributed by atoms with van der Waals surface area (Å²) >= 11 is 0. The molecule has 3 rings (SSSR count). The van der Waals surface area contributed by atoms with Crippen LogP contribution >= 0.6 is 0 Å². The average molecular weight is 504 g/mol. The van der Waals surface area contributed by atoms with E-state index in [0.29, 0.717) is 6.54 Å². The first kappa shape index (κ1) is 26.3. The fraction of sp³-hybridized carbons (Fsp3) is 0.400. The number of rotatable bonds is 11. The van der Waals surface area contributed by atoms with Gasteiger partial charge in [-0.1, -0.05) is 43.7 Å². The summed E-state index contributed by atoms with van der Waals surface area (Å²) in [5, 5.41) is 2.79. The fourth-order valence-corrected chi connectivity index (χ4v) is 5.51. The maximum atomic E-state index is 14.3. The zero-order valence-corrected chi connectivity index (χ0v) is 20.7. The van der Waals surface area contributed by atoms with Gasteiger partial charge >= 0.3 is 0 Å². The highest BCUT2D eigenvalue weighted by Crippen LogP contribution is 2.30. The highest BCUT2D eigenvalue weighted by molar-refractivity contribution is 7.90. The second-order valence-corrected chi connectivity index (χ2v) is 10.2. The molecule has 2 aromatic carbocycles. The van der Waals surface area contributed by atoms with Crippen LogP contribution in [-0.4, -0.2) is 54.5 Å². The number of hydrogen-bond acceptors (Lipinski definition) is 5. The minimum absolute atomic E-state index is 0.0464. The maximum Gasteiger partial charge on any atom is 0.269 e. The molecule has 8 nitrogen and oxygen atoms in total. The van der Waals surface area contributed by atoms with Crippen LogP contribution in [0.1, 0.15) is 55.5 Å². The molecule has 1 aliphatic rings. The number of sulfonamides is 1. The summed E-state index contributed by atoms with van der Waals surface area (Å²) < 4.78 is 40.5. The van der Waals surface area contributed by atoms with Gasteiger partial charge in [-0.05, 0) is 38.0 Å². The molecule has 0 saturated carbocycles. The molecule has 1 N–H and O–H groups in total. The van der Waals surface area contributed by atoms with E-state index in [1.54, 1.807) is 31.2 Å². The van der Waals surface area contributed by atoms with Crippen molar-refractivity contribution in [1.29, 1.82) is 0 Å². The molecule has 2 aromatic rings. The molecule has 0 spiro atoms. The number of benzene rings is 2. The van der Waals surface area contributed by atoms with Crippen molar-refractivity contribution < 1.29 is 27.2 Å². The van der Waals surface area contributed by atoms with Gasteiger partial charge in [0.2, 0.25) is 11.8 Å². The minimum atomic E-state index is -3.97. The molecule has 35 heavy (non-hydrogen) atoms. The molecule has 0 aromatic heterocycles. The fourth-order valence-electron chi connectivity index (χ4n) is 3.90. The molecule has 188 valence electrons. The van der Waals surface area contributed by atoms with Crippen molar-refractivity contribution in [3.05, 3.63) is 65.5 Å². The summed E-state index contributed by atoms with van der Waals surface area (Å²) in [6.45, 7) is 3.75. The Morgan fingerprint density at radius 1 is 1.09 bits per heavy atom. The van der Waals surface area contributed by atoms with E-state index < -0.39 is 33.7 Å². The average Bonchev–Trinajstić information content (AvgIpc) is 3.03. The smallest absolute Gasteiger partial charge is 0.269 e. The third-order valence-corrected chi connectivity index (χ3v) is 7.80. The zero-order valence-electron chi connectivity index (χ0n) is 19.9. The molecular weight excluding hydrogens is 473 g/mol. The highest BCUT2D eigenvalue weighted by Gasteiger charge is 2.40. The molecule has 10 heteroatoms. The van der Waals surface area contributed by atoms with Gasteiger partial charge in [0.1, 0.15) is 16.8 Å². The van der Waals surface area contributed by atoms with E-state index in [-0.39, 0.29) is 47.9 Å². The van der Waals surface area contributed by atoms with Gasteiger partial charge in [0, 0.05) is 31.6 Å². The number of carbonyl (C=O) groups is 3. The summed E-state index contributed by atoms with van der Waals surface area (Å²) in [6.07, 6.45) is 1.64. The molecule has 0 fully saturated rings. The van der Waals surface area contributed by atoms with Crippen molar-refractivity contribution in [3.63, 3.8) is 0 Å². The van der Waals surface area contributed by atoms with E-state index in [4.69, 9.17) is 0 Å². The molecule has 3 amide bonds. The van der Waals surface area contributed by atoms with E-state index in [1.165, 1.54) is 29.2 Å². The Hall–Kier alpha value is -3.27. The largest absolute Gasteiger partial charge is 0.354 e. The molecule has 0 unspecified atom stereocenters. The molecule has 1 aliphatic heterocycles. The van der Waals surface area contributed by atoms with Gasteiger partial charge in [0.25, 0.3) is 15.9 Å². The summed E-state index contributed by atoms with van der Waals surface area (Å²) in [7, 11) is -3.97. The van der Waals surface area contributed by atoms with Crippen LogP contribution in [0.2, 0.25) is 0 Å². The van der Waals surface area contributed by atoms with E-state index in [2.05, 4.69) is 5.32 Å². The van der Waals surface area contributed by atoms with Crippen LogP contribution in [0.4, 0.5) is 4.39 Å². The van der Waals surface area contributed by atoms with Gasteiger partial charge in [-0.15, -0.1) is 0 Å². The predicted octanol–water partition coefficient (Wildman–Crippen LogP) is 3.08. The normalized spacial score (nSPS) is 14.9. The van der Waals surface area contributed by atoms with Gasteiger partial charge in [-0.25, -0.2) is 17.1 Å². The summed E-state index contributed by atoms with van der Waals surface area (Å²) in [5.74, 6) is -1.90. The predicted molar refractivity (Wildman–Crippen MR) is 128 cm³/mol. The highest BCUT2D eigenvalue weighted by atomic mass is 32.2. The number of nitrogens with zero attached hydrogens (tertiary/aromatic N) is 2. The van der Waals surface area contributed by atoms with Crippen molar-refractivity contribution in [2.24, 2.45) is 0 Å². The first-order valence-corrected chi connectivity index (χ1v) is 13.1. The van der Waals surface area contributed by atoms with Crippen LogP contribution in [0.25, 0.3) is 0 Å². The number of nitrogens with one attached hydrogen (secondary N) is 1. The maximum absolute atomic E-state index is 14.3. The van der Waals surface area contributed by atoms with Gasteiger partial charge < -0.3 is 10.2 Å². The molecule has 1 atom stereocenters. The van der Waals surface area contributed by atoms with Gasteiger partial charge in [-0.2, -0.15) is 0 Å². The Bertz CT molecular complexity index is 1200. The summed E-state index contributed by atoms with van der Waals surface area (Å²) in [6, 6.07) is 11.1. The Labute approximate surface area is 205 Å². The molecular formula is C25H30FN3O5S.